The molecule has 0 saturated heterocycles. The number of dihydropyridines is 1. The maximum Gasteiger partial charge on any atom is 0.435 e. The highest BCUT2D eigenvalue weighted by Gasteiger charge is 2.26. The van der Waals surface area contributed by atoms with Crippen molar-refractivity contribution in [2.45, 2.75) is 39.1 Å². The second-order valence-electron chi connectivity index (χ2n) is 10.1. The molecule has 2 aliphatic rings. The normalized spacial score (nSPS) is 16.9. The first kappa shape index (κ1) is 31.1. The Morgan fingerprint density at radius 1 is 1.05 bits per heavy atom. The number of allylic oxidation sites excluding steroid dienone is 5. The molecule has 1 aliphatic heterocycles. The molecular formula is C31H33N5O6S. The Morgan fingerprint density at radius 2 is 1.79 bits per heavy atom. The number of sulfonamides is 1. The molecule has 0 fully saturated rings. The number of aliphatic imine (C=N–C) groups is 1. The van der Waals surface area contributed by atoms with Crippen molar-refractivity contribution in [2.24, 2.45) is 10.7 Å². The number of ether oxygens (including phenoxy) is 1. The number of carbonyl (C=O) groups excluding carboxylic acids is 3. The molecular weight excluding hydrogens is 570 g/mol. The highest BCUT2D eigenvalue weighted by molar-refractivity contribution is 7.89. The van der Waals surface area contributed by atoms with Crippen molar-refractivity contribution in [3.05, 3.63) is 119 Å². The molecule has 0 spiro atoms. The van der Waals surface area contributed by atoms with Gasteiger partial charge in [-0.1, -0.05) is 78.4 Å². The van der Waals surface area contributed by atoms with E-state index in [0.29, 0.717) is 11.1 Å². The third kappa shape index (κ3) is 9.62. The van der Waals surface area contributed by atoms with Crippen molar-refractivity contribution in [3.8, 4) is 0 Å². The Kier molecular flexibility index (Phi) is 10.4. The first-order chi connectivity index (χ1) is 20.6. The van der Waals surface area contributed by atoms with Gasteiger partial charge >= 0.3 is 6.09 Å². The first-order valence-electron chi connectivity index (χ1n) is 13.5. The highest BCUT2D eigenvalue weighted by atomic mass is 32.2. The lowest BCUT2D eigenvalue weighted by molar-refractivity contribution is -0.120. The molecule has 1 aliphatic carbocycles. The van der Waals surface area contributed by atoms with Gasteiger partial charge in [-0.2, -0.15) is 9.71 Å². The van der Waals surface area contributed by atoms with Gasteiger partial charge in [0.1, 0.15) is 18.6 Å². The summed E-state index contributed by atoms with van der Waals surface area (Å²) < 4.78 is 33.3. The lowest BCUT2D eigenvalue weighted by Gasteiger charge is -2.24. The maximum atomic E-state index is 12.8. The monoisotopic (exact) mass is 603 g/mol. The molecule has 2 amide bonds. The van der Waals surface area contributed by atoms with Crippen LogP contribution in [0.2, 0.25) is 0 Å². The summed E-state index contributed by atoms with van der Waals surface area (Å²) in [4.78, 5) is 40.7. The summed E-state index contributed by atoms with van der Waals surface area (Å²) in [6.45, 7) is 2.11. The SMILES string of the molecule is CC1=CC=C(CS(=O)(=O)NC2NC=CC=C2CC(=O)NCc2ccc(C(N)=NC(=O)OCc3ccccc3)cc2)C(=O)C1. The van der Waals surface area contributed by atoms with E-state index in [1.54, 1.807) is 48.7 Å². The Morgan fingerprint density at radius 3 is 2.51 bits per heavy atom. The smallest absolute Gasteiger partial charge is 0.435 e. The molecule has 43 heavy (non-hydrogen) atoms. The lowest BCUT2D eigenvalue weighted by atomic mass is 9.99. The fourth-order valence-corrected chi connectivity index (χ4v) is 5.60. The van der Waals surface area contributed by atoms with Crippen LogP contribution in [0.3, 0.4) is 0 Å². The zero-order valence-electron chi connectivity index (χ0n) is 23.6. The van der Waals surface area contributed by atoms with Gasteiger partial charge in [-0.05, 0) is 35.9 Å². The number of ketones is 1. The molecule has 1 atom stereocenters. The van der Waals surface area contributed by atoms with Crippen molar-refractivity contribution in [3.63, 3.8) is 0 Å². The number of amidine groups is 1. The van der Waals surface area contributed by atoms with Gasteiger partial charge in [-0.15, -0.1) is 0 Å². The number of hydrogen-bond acceptors (Lipinski definition) is 7. The molecule has 0 aromatic heterocycles. The predicted molar refractivity (Wildman–Crippen MR) is 163 cm³/mol. The van der Waals surface area contributed by atoms with Crippen LogP contribution in [0.5, 0.6) is 0 Å². The summed E-state index contributed by atoms with van der Waals surface area (Å²) in [5, 5.41) is 5.73. The van der Waals surface area contributed by atoms with E-state index in [-0.39, 0.29) is 49.1 Å². The zero-order chi connectivity index (χ0) is 30.8. The molecule has 11 nitrogen and oxygen atoms in total. The summed E-state index contributed by atoms with van der Waals surface area (Å²) in [6.07, 6.45) is 6.70. The molecule has 4 rings (SSSR count). The quantitative estimate of drug-likeness (QED) is 0.225. The number of Topliss-reactive ketones (excluding diaryl/α,β-unsaturated/α-hetero) is 1. The molecule has 1 unspecified atom stereocenters. The van der Waals surface area contributed by atoms with E-state index < -0.39 is 28.0 Å². The summed E-state index contributed by atoms with van der Waals surface area (Å²) in [5.41, 5.74) is 9.69. The van der Waals surface area contributed by atoms with Crippen LogP contribution in [0, 0.1) is 0 Å². The number of nitrogens with two attached hydrogens (primary N) is 1. The minimum absolute atomic E-state index is 0.00246. The summed E-state index contributed by atoms with van der Waals surface area (Å²) in [5.74, 6) is -0.981. The van der Waals surface area contributed by atoms with Gasteiger partial charge in [0, 0.05) is 24.1 Å². The molecule has 5 N–H and O–H groups in total. The molecule has 0 radical (unpaired) electrons. The fourth-order valence-electron chi connectivity index (χ4n) is 4.27. The van der Waals surface area contributed by atoms with Gasteiger partial charge in [0.25, 0.3) is 0 Å². The van der Waals surface area contributed by atoms with E-state index >= 15 is 0 Å². The Hall–Kier alpha value is -4.81. The Labute approximate surface area is 250 Å². The van der Waals surface area contributed by atoms with Crippen molar-refractivity contribution in [1.29, 1.82) is 0 Å². The highest BCUT2D eigenvalue weighted by Crippen LogP contribution is 2.17. The summed E-state index contributed by atoms with van der Waals surface area (Å²) in [7, 11) is -3.88. The van der Waals surface area contributed by atoms with Gasteiger partial charge in [0.15, 0.2) is 5.78 Å². The van der Waals surface area contributed by atoms with Crippen LogP contribution in [-0.2, 0) is 37.5 Å². The van der Waals surface area contributed by atoms with Crippen molar-refractivity contribution in [2.75, 3.05) is 5.75 Å². The maximum absolute atomic E-state index is 12.8. The average Bonchev–Trinajstić information content (AvgIpc) is 2.98. The molecule has 0 bridgehead atoms. The van der Waals surface area contributed by atoms with Crippen LogP contribution in [0.4, 0.5) is 4.79 Å². The second-order valence-corrected chi connectivity index (χ2v) is 11.8. The zero-order valence-corrected chi connectivity index (χ0v) is 24.4. The number of rotatable bonds is 11. The average molecular weight is 604 g/mol. The number of carbonyl (C=O) groups is 3. The van der Waals surface area contributed by atoms with Crippen LogP contribution in [-0.4, -0.2) is 44.0 Å². The Bertz CT molecular complexity index is 1620. The van der Waals surface area contributed by atoms with Gasteiger partial charge in [0.05, 0.1) is 12.2 Å². The van der Waals surface area contributed by atoms with Crippen LogP contribution in [0.25, 0.3) is 0 Å². The van der Waals surface area contributed by atoms with Crippen LogP contribution < -0.4 is 21.1 Å². The lowest BCUT2D eigenvalue weighted by Crippen LogP contribution is -2.47. The van der Waals surface area contributed by atoms with Crippen molar-refractivity contribution >= 4 is 33.6 Å². The largest absolute Gasteiger partial charge is 0.443 e. The van der Waals surface area contributed by atoms with E-state index in [9.17, 15) is 22.8 Å². The van der Waals surface area contributed by atoms with E-state index in [2.05, 4.69) is 20.3 Å². The van der Waals surface area contributed by atoms with Crippen molar-refractivity contribution in [1.82, 2.24) is 15.4 Å². The van der Waals surface area contributed by atoms with E-state index in [1.165, 1.54) is 6.08 Å². The van der Waals surface area contributed by atoms with Gasteiger partial charge in [0.2, 0.25) is 15.9 Å². The van der Waals surface area contributed by atoms with Crippen LogP contribution in [0.15, 0.2) is 107 Å². The minimum Gasteiger partial charge on any atom is -0.443 e. The van der Waals surface area contributed by atoms with Crippen LogP contribution >= 0.6 is 0 Å². The topological polar surface area (TPSA) is 169 Å². The Balaban J connectivity index is 1.26. The van der Waals surface area contributed by atoms with E-state index in [4.69, 9.17) is 10.5 Å². The summed E-state index contributed by atoms with van der Waals surface area (Å²) >= 11 is 0. The first-order valence-corrected chi connectivity index (χ1v) is 15.2. The molecule has 1 heterocycles. The number of hydrogen-bond donors (Lipinski definition) is 4. The molecule has 12 heteroatoms. The molecule has 0 saturated carbocycles. The third-order valence-electron chi connectivity index (χ3n) is 6.57. The van der Waals surface area contributed by atoms with Crippen molar-refractivity contribution < 1.29 is 27.5 Å². The molecule has 224 valence electrons. The van der Waals surface area contributed by atoms with Gasteiger partial charge in [-0.25, -0.2) is 13.2 Å². The van der Waals surface area contributed by atoms with Crippen LogP contribution in [0.1, 0.15) is 36.5 Å². The third-order valence-corrected chi connectivity index (χ3v) is 7.86. The number of nitrogens with zero attached hydrogens (tertiary/aromatic N) is 1. The van der Waals surface area contributed by atoms with E-state index in [0.717, 1.165) is 16.7 Å². The molecule has 2 aromatic carbocycles. The predicted octanol–water partition coefficient (Wildman–Crippen LogP) is 2.87. The number of benzene rings is 2. The number of amides is 2. The molecule has 2 aromatic rings. The van der Waals surface area contributed by atoms with Gasteiger partial charge in [-0.3, -0.25) is 9.59 Å². The summed E-state index contributed by atoms with van der Waals surface area (Å²) in [6, 6.07) is 16.1. The number of nitrogens with one attached hydrogen (secondary N) is 3. The second kappa shape index (κ2) is 14.4. The fraction of sp³-hybridized carbons (Fsp3) is 0.226. The standard InChI is InChI=1S/C31H33N5O6S/c1-21-9-12-26(27(37)16-21)20-43(40,41)36-30-25(8-5-15-33-30)17-28(38)34-18-22-10-13-24(14-11-22)29(32)35-31(39)42-19-23-6-3-2-4-7-23/h2-15,30,33,36H,16-20H2,1H3,(H,34,38)(H2,32,35,39). The minimum atomic E-state index is -3.88. The van der Waals surface area contributed by atoms with E-state index in [1.807, 2.05) is 37.3 Å². The van der Waals surface area contributed by atoms with Gasteiger partial charge < -0.3 is 21.1 Å².